The van der Waals surface area contributed by atoms with Crippen LogP contribution in [0.25, 0.3) is 10.2 Å². The van der Waals surface area contributed by atoms with E-state index < -0.39 is 0 Å². The fourth-order valence-corrected chi connectivity index (χ4v) is 6.07. The summed E-state index contributed by atoms with van der Waals surface area (Å²) in [5, 5.41) is 5.16. The summed E-state index contributed by atoms with van der Waals surface area (Å²) in [6, 6.07) is 8.20. The highest BCUT2D eigenvalue weighted by atomic mass is 32.2. The summed E-state index contributed by atoms with van der Waals surface area (Å²) in [4.78, 5) is 24.4. The molecule has 29 heavy (non-hydrogen) atoms. The predicted molar refractivity (Wildman–Crippen MR) is 123 cm³/mol. The highest BCUT2D eigenvalue weighted by Crippen LogP contribution is 2.39. The van der Waals surface area contributed by atoms with Crippen molar-refractivity contribution in [3.05, 3.63) is 46.1 Å². The van der Waals surface area contributed by atoms with Crippen molar-refractivity contribution in [1.29, 1.82) is 0 Å². The summed E-state index contributed by atoms with van der Waals surface area (Å²) < 4.78 is 0. The maximum atomic E-state index is 12.5. The van der Waals surface area contributed by atoms with E-state index in [2.05, 4.69) is 34.3 Å². The Morgan fingerprint density at radius 2 is 1.97 bits per heavy atom. The molecule has 0 radical (unpaired) electrons. The fourth-order valence-electron chi connectivity index (χ4n) is 3.80. The summed E-state index contributed by atoms with van der Waals surface area (Å²) in [6.45, 7) is 4.13. The van der Waals surface area contributed by atoms with Crippen LogP contribution in [0.5, 0.6) is 0 Å². The molecule has 152 valence electrons. The Labute approximate surface area is 180 Å². The van der Waals surface area contributed by atoms with Gasteiger partial charge in [0, 0.05) is 16.0 Å². The molecule has 0 spiro atoms. The Morgan fingerprint density at radius 1 is 1.17 bits per heavy atom. The van der Waals surface area contributed by atoms with Crippen LogP contribution < -0.4 is 5.32 Å². The van der Waals surface area contributed by atoms with E-state index in [-0.39, 0.29) is 5.91 Å². The summed E-state index contributed by atoms with van der Waals surface area (Å²) >= 11 is 3.33. The van der Waals surface area contributed by atoms with Crippen molar-refractivity contribution >= 4 is 44.9 Å². The SMILES string of the molecule is CCCCc1ccc(NC(=O)CSc2nc(C)nc3sc4c(c23)CCCC4)cc1. The molecular weight excluding hydrogens is 398 g/mol. The number of fused-ring (bicyclic) bond motifs is 3. The third kappa shape index (κ3) is 4.81. The van der Waals surface area contributed by atoms with Gasteiger partial charge in [-0.05, 0) is 68.7 Å². The molecule has 0 atom stereocenters. The van der Waals surface area contributed by atoms with Crippen molar-refractivity contribution < 1.29 is 4.79 Å². The van der Waals surface area contributed by atoms with Crippen LogP contribution >= 0.6 is 23.1 Å². The molecule has 1 aromatic carbocycles. The molecule has 0 aliphatic heterocycles. The number of benzene rings is 1. The molecule has 1 N–H and O–H groups in total. The van der Waals surface area contributed by atoms with Crippen LogP contribution in [-0.2, 0) is 24.1 Å². The second-order valence-corrected chi connectivity index (χ2v) is 9.65. The number of carbonyl (C=O) groups is 1. The van der Waals surface area contributed by atoms with Crippen molar-refractivity contribution in [2.75, 3.05) is 11.1 Å². The van der Waals surface area contributed by atoms with Gasteiger partial charge in [0.25, 0.3) is 0 Å². The van der Waals surface area contributed by atoms with Gasteiger partial charge in [-0.1, -0.05) is 37.2 Å². The average molecular weight is 426 g/mol. The third-order valence-electron chi connectivity index (χ3n) is 5.29. The number of nitrogens with one attached hydrogen (secondary N) is 1. The lowest BCUT2D eigenvalue weighted by Gasteiger charge is -2.12. The lowest BCUT2D eigenvalue weighted by Crippen LogP contribution is -2.14. The van der Waals surface area contributed by atoms with Gasteiger partial charge in [-0.3, -0.25) is 4.79 Å². The van der Waals surface area contributed by atoms with E-state index in [4.69, 9.17) is 0 Å². The van der Waals surface area contributed by atoms with Gasteiger partial charge in [0.15, 0.2) is 0 Å². The van der Waals surface area contributed by atoms with Gasteiger partial charge in [-0.25, -0.2) is 9.97 Å². The zero-order valence-corrected chi connectivity index (χ0v) is 18.7. The minimum Gasteiger partial charge on any atom is -0.325 e. The average Bonchev–Trinajstić information content (AvgIpc) is 3.09. The minimum absolute atomic E-state index is 0.00446. The largest absolute Gasteiger partial charge is 0.325 e. The zero-order valence-electron chi connectivity index (χ0n) is 17.1. The number of thioether (sulfide) groups is 1. The first-order valence-electron chi connectivity index (χ1n) is 10.4. The quantitative estimate of drug-likeness (QED) is 0.375. The van der Waals surface area contributed by atoms with Crippen LogP contribution in [0.4, 0.5) is 5.69 Å². The van der Waals surface area contributed by atoms with E-state index in [0.717, 1.165) is 40.6 Å². The minimum atomic E-state index is 0.00446. The number of aryl methyl sites for hydroxylation is 4. The van der Waals surface area contributed by atoms with Gasteiger partial charge < -0.3 is 5.32 Å². The van der Waals surface area contributed by atoms with Gasteiger partial charge in [0.1, 0.15) is 15.7 Å². The fraction of sp³-hybridized carbons (Fsp3) is 0.435. The summed E-state index contributed by atoms with van der Waals surface area (Å²) in [7, 11) is 0. The van der Waals surface area contributed by atoms with E-state index in [1.165, 1.54) is 58.8 Å². The van der Waals surface area contributed by atoms with Crippen molar-refractivity contribution in [3.8, 4) is 0 Å². The number of anilines is 1. The van der Waals surface area contributed by atoms with Crippen molar-refractivity contribution in [1.82, 2.24) is 9.97 Å². The van der Waals surface area contributed by atoms with Crippen molar-refractivity contribution in [2.45, 2.75) is 63.8 Å². The van der Waals surface area contributed by atoms with Crippen LogP contribution in [0.1, 0.15) is 54.4 Å². The zero-order chi connectivity index (χ0) is 20.2. The topological polar surface area (TPSA) is 54.9 Å². The maximum Gasteiger partial charge on any atom is 0.234 e. The highest BCUT2D eigenvalue weighted by Gasteiger charge is 2.21. The van der Waals surface area contributed by atoms with Crippen LogP contribution in [0.2, 0.25) is 0 Å². The van der Waals surface area contributed by atoms with E-state index in [0.29, 0.717) is 5.75 Å². The Hall–Kier alpha value is -1.92. The molecule has 2 heterocycles. The smallest absolute Gasteiger partial charge is 0.234 e. The molecule has 1 aliphatic rings. The molecule has 3 aromatic rings. The van der Waals surface area contributed by atoms with Crippen LogP contribution in [-0.4, -0.2) is 21.6 Å². The van der Waals surface area contributed by atoms with Crippen LogP contribution in [0.15, 0.2) is 29.3 Å². The van der Waals surface area contributed by atoms with Crippen LogP contribution in [0, 0.1) is 6.92 Å². The molecule has 4 rings (SSSR count). The van der Waals surface area contributed by atoms with Gasteiger partial charge in [-0.15, -0.1) is 11.3 Å². The molecule has 0 bridgehead atoms. The lowest BCUT2D eigenvalue weighted by molar-refractivity contribution is -0.113. The summed E-state index contributed by atoms with van der Waals surface area (Å²) in [5.74, 6) is 1.14. The van der Waals surface area contributed by atoms with E-state index in [1.54, 1.807) is 11.3 Å². The van der Waals surface area contributed by atoms with E-state index in [1.807, 2.05) is 19.1 Å². The van der Waals surface area contributed by atoms with E-state index in [9.17, 15) is 4.79 Å². The molecular formula is C23H27N3OS2. The van der Waals surface area contributed by atoms with E-state index >= 15 is 0 Å². The molecule has 4 nitrogen and oxygen atoms in total. The number of thiophene rings is 1. The number of amides is 1. The maximum absolute atomic E-state index is 12.5. The number of aromatic nitrogens is 2. The molecule has 0 saturated heterocycles. The van der Waals surface area contributed by atoms with Crippen molar-refractivity contribution in [2.24, 2.45) is 0 Å². The number of rotatable bonds is 7. The highest BCUT2D eigenvalue weighted by molar-refractivity contribution is 8.00. The Balaban J connectivity index is 1.44. The van der Waals surface area contributed by atoms with Gasteiger partial charge >= 0.3 is 0 Å². The summed E-state index contributed by atoms with van der Waals surface area (Å²) in [5.41, 5.74) is 3.59. The van der Waals surface area contributed by atoms with Gasteiger partial charge in [0.2, 0.25) is 5.91 Å². The molecule has 1 aliphatic carbocycles. The van der Waals surface area contributed by atoms with Gasteiger partial charge in [-0.2, -0.15) is 0 Å². The number of unbranched alkanes of at least 4 members (excludes halogenated alkanes) is 1. The monoisotopic (exact) mass is 425 g/mol. The molecule has 6 heteroatoms. The molecule has 0 unspecified atom stereocenters. The first kappa shape index (κ1) is 20.4. The second-order valence-electron chi connectivity index (χ2n) is 7.60. The normalized spacial score (nSPS) is 13.4. The second kappa shape index (κ2) is 9.26. The first-order valence-corrected chi connectivity index (χ1v) is 12.2. The predicted octanol–water partition coefficient (Wildman–Crippen LogP) is 5.95. The molecule has 0 fully saturated rings. The number of nitrogens with zero attached hydrogens (tertiary/aromatic N) is 2. The molecule has 2 aromatic heterocycles. The molecule has 0 saturated carbocycles. The summed E-state index contributed by atoms with van der Waals surface area (Å²) in [6.07, 6.45) is 8.22. The first-order chi connectivity index (χ1) is 14.1. The Kier molecular flexibility index (Phi) is 6.50. The number of hydrogen-bond donors (Lipinski definition) is 1. The Bertz CT molecular complexity index is 1010. The Morgan fingerprint density at radius 3 is 2.76 bits per heavy atom. The van der Waals surface area contributed by atoms with Gasteiger partial charge in [0.05, 0.1) is 5.75 Å². The van der Waals surface area contributed by atoms with Crippen LogP contribution in [0.3, 0.4) is 0 Å². The van der Waals surface area contributed by atoms with Crippen molar-refractivity contribution in [3.63, 3.8) is 0 Å². The lowest BCUT2D eigenvalue weighted by atomic mass is 9.97. The standard InChI is InChI=1S/C23H27N3OS2/c1-3-4-7-16-10-12-17(13-11-16)26-20(27)14-28-22-21-18-8-5-6-9-19(18)29-23(21)25-15(2)24-22/h10-13H,3-9,14H2,1-2H3,(H,26,27). The number of hydrogen-bond acceptors (Lipinski definition) is 5. The number of carbonyl (C=O) groups excluding carboxylic acids is 1. The third-order valence-corrected chi connectivity index (χ3v) is 7.45. The molecule has 1 amide bonds.